The van der Waals surface area contributed by atoms with Crippen LogP contribution in [0.2, 0.25) is 0 Å². The molecule has 0 aliphatic rings. The van der Waals surface area contributed by atoms with Crippen LogP contribution in [0.4, 0.5) is 0 Å². The molecule has 3 aromatic rings. The zero-order chi connectivity index (χ0) is 17.6. The van der Waals surface area contributed by atoms with Crippen molar-refractivity contribution in [3.63, 3.8) is 0 Å². The second-order valence-corrected chi connectivity index (χ2v) is 6.59. The normalized spacial score (nSPS) is 10.7. The van der Waals surface area contributed by atoms with E-state index in [4.69, 9.17) is 13.9 Å². The van der Waals surface area contributed by atoms with E-state index in [0.717, 1.165) is 33.9 Å². The number of benzene rings is 2. The molecular weight excluding hydrogens is 336 g/mol. The van der Waals surface area contributed by atoms with E-state index in [-0.39, 0.29) is 6.61 Å². The van der Waals surface area contributed by atoms with E-state index in [1.807, 2.05) is 50.2 Å². The molecule has 130 valence electrons. The molecule has 0 amide bonds. The molecule has 1 heterocycles. The van der Waals surface area contributed by atoms with Gasteiger partial charge in [0, 0.05) is 5.75 Å². The molecule has 0 spiro atoms. The first-order valence-electron chi connectivity index (χ1n) is 7.92. The Hall–Kier alpha value is -2.47. The van der Waals surface area contributed by atoms with Gasteiger partial charge >= 0.3 is 0 Å². The lowest BCUT2D eigenvalue weighted by Gasteiger charge is -2.07. The third-order valence-electron chi connectivity index (χ3n) is 3.64. The first-order valence-corrected chi connectivity index (χ1v) is 8.91. The zero-order valence-electron chi connectivity index (χ0n) is 14.5. The van der Waals surface area contributed by atoms with E-state index in [9.17, 15) is 0 Å². The summed E-state index contributed by atoms with van der Waals surface area (Å²) in [6.07, 6.45) is 0. The highest BCUT2D eigenvalue weighted by molar-refractivity contribution is 7.98. The maximum absolute atomic E-state index is 5.79. The molecule has 0 unspecified atom stereocenters. The molecule has 6 heteroatoms. The Kier molecular flexibility index (Phi) is 5.60. The molecule has 0 aliphatic carbocycles. The Morgan fingerprint density at radius 1 is 1.08 bits per heavy atom. The quantitative estimate of drug-likeness (QED) is 0.578. The molecule has 2 aromatic carbocycles. The van der Waals surface area contributed by atoms with Crippen LogP contribution in [0.1, 0.15) is 22.6 Å². The molecule has 0 saturated carbocycles. The second-order valence-electron chi connectivity index (χ2n) is 5.66. The highest BCUT2D eigenvalue weighted by Crippen LogP contribution is 2.24. The molecule has 0 radical (unpaired) electrons. The summed E-state index contributed by atoms with van der Waals surface area (Å²) in [6.45, 7) is 4.31. The number of ether oxygens (including phenoxy) is 2. The first kappa shape index (κ1) is 17.4. The Labute approximate surface area is 151 Å². The topological polar surface area (TPSA) is 57.4 Å². The Morgan fingerprint density at radius 2 is 1.96 bits per heavy atom. The second kappa shape index (κ2) is 8.07. The monoisotopic (exact) mass is 356 g/mol. The van der Waals surface area contributed by atoms with Gasteiger partial charge in [-0.2, -0.15) is 0 Å². The fourth-order valence-electron chi connectivity index (χ4n) is 2.26. The number of nitrogens with zero attached hydrogens (tertiary/aromatic N) is 2. The number of thioether (sulfide) groups is 1. The molecule has 1 aromatic heterocycles. The van der Waals surface area contributed by atoms with E-state index in [1.165, 1.54) is 11.8 Å². The van der Waals surface area contributed by atoms with Crippen molar-refractivity contribution < 1.29 is 13.9 Å². The van der Waals surface area contributed by atoms with E-state index in [1.54, 1.807) is 7.11 Å². The van der Waals surface area contributed by atoms with Crippen molar-refractivity contribution >= 4 is 11.8 Å². The van der Waals surface area contributed by atoms with Gasteiger partial charge in [-0.3, -0.25) is 0 Å². The third kappa shape index (κ3) is 4.76. The van der Waals surface area contributed by atoms with Crippen LogP contribution < -0.4 is 9.47 Å². The summed E-state index contributed by atoms with van der Waals surface area (Å²) >= 11 is 1.49. The maximum atomic E-state index is 5.79. The van der Waals surface area contributed by atoms with E-state index >= 15 is 0 Å². The summed E-state index contributed by atoms with van der Waals surface area (Å²) in [5, 5.41) is 8.63. The number of methoxy groups -OCH3 is 1. The molecule has 5 nitrogen and oxygen atoms in total. The standard InChI is InChI=1S/C19H20N2O3S/c1-13-7-8-14(2)17(9-13)23-11-18-20-21-19(24-18)25-12-15-5-4-6-16(10-15)22-3/h4-10H,11-12H2,1-3H3. The van der Waals surface area contributed by atoms with Gasteiger partial charge in [-0.25, -0.2) is 0 Å². The van der Waals surface area contributed by atoms with Crippen LogP contribution in [0.5, 0.6) is 11.5 Å². The molecule has 25 heavy (non-hydrogen) atoms. The summed E-state index contributed by atoms with van der Waals surface area (Å²) in [6, 6.07) is 14.0. The van der Waals surface area contributed by atoms with Gasteiger partial charge in [0.05, 0.1) is 7.11 Å². The van der Waals surface area contributed by atoms with Crippen LogP contribution in [0, 0.1) is 13.8 Å². The summed E-state index contributed by atoms with van der Waals surface area (Å²) in [4.78, 5) is 0. The predicted molar refractivity (Wildman–Crippen MR) is 97.1 cm³/mol. The molecular formula is C19H20N2O3S. The van der Waals surface area contributed by atoms with E-state index < -0.39 is 0 Å². The number of rotatable bonds is 7. The highest BCUT2D eigenvalue weighted by Gasteiger charge is 2.09. The molecule has 0 atom stereocenters. The van der Waals surface area contributed by atoms with Gasteiger partial charge in [-0.15, -0.1) is 10.2 Å². The lowest BCUT2D eigenvalue weighted by molar-refractivity contribution is 0.250. The van der Waals surface area contributed by atoms with Crippen LogP contribution in [-0.4, -0.2) is 17.3 Å². The predicted octanol–water partition coefficient (Wildman–Crippen LogP) is 4.57. The molecule has 0 N–H and O–H groups in total. The largest absolute Gasteiger partial charge is 0.497 e. The number of hydrogen-bond donors (Lipinski definition) is 0. The van der Waals surface area contributed by atoms with Crippen molar-refractivity contribution in [1.82, 2.24) is 10.2 Å². The lowest BCUT2D eigenvalue weighted by Crippen LogP contribution is -1.97. The minimum absolute atomic E-state index is 0.261. The van der Waals surface area contributed by atoms with Gasteiger partial charge in [0.15, 0.2) is 6.61 Å². The Morgan fingerprint density at radius 3 is 2.80 bits per heavy atom. The number of aromatic nitrogens is 2. The Balaban J connectivity index is 1.56. The zero-order valence-corrected chi connectivity index (χ0v) is 15.3. The van der Waals surface area contributed by atoms with E-state index in [0.29, 0.717) is 11.1 Å². The van der Waals surface area contributed by atoms with Crippen molar-refractivity contribution in [2.75, 3.05) is 7.11 Å². The number of aryl methyl sites for hydroxylation is 2. The molecule has 3 rings (SSSR count). The first-order chi connectivity index (χ1) is 12.1. The third-order valence-corrected chi connectivity index (χ3v) is 4.53. The maximum Gasteiger partial charge on any atom is 0.277 e. The van der Waals surface area contributed by atoms with Crippen LogP contribution in [0.15, 0.2) is 52.1 Å². The Bertz CT molecular complexity index is 848. The summed E-state index contributed by atoms with van der Waals surface area (Å²) in [7, 11) is 1.66. The SMILES string of the molecule is COc1cccc(CSc2nnc(COc3cc(C)ccc3C)o2)c1. The summed E-state index contributed by atoms with van der Waals surface area (Å²) < 4.78 is 16.7. The van der Waals surface area contributed by atoms with Gasteiger partial charge < -0.3 is 13.9 Å². The van der Waals surface area contributed by atoms with Crippen molar-refractivity contribution in [3.05, 3.63) is 65.0 Å². The van der Waals surface area contributed by atoms with Crippen LogP contribution in [0.25, 0.3) is 0 Å². The smallest absolute Gasteiger partial charge is 0.277 e. The molecule has 0 fully saturated rings. The van der Waals surface area contributed by atoms with Gasteiger partial charge in [-0.1, -0.05) is 36.0 Å². The van der Waals surface area contributed by atoms with Gasteiger partial charge in [-0.05, 0) is 48.7 Å². The summed E-state index contributed by atoms with van der Waals surface area (Å²) in [5.41, 5.74) is 3.37. The lowest BCUT2D eigenvalue weighted by atomic mass is 10.1. The fraction of sp³-hybridized carbons (Fsp3) is 0.263. The fourth-order valence-corrected chi connectivity index (χ4v) is 2.99. The van der Waals surface area contributed by atoms with Crippen molar-refractivity contribution in [3.8, 4) is 11.5 Å². The van der Waals surface area contributed by atoms with Crippen molar-refractivity contribution in [2.45, 2.75) is 31.4 Å². The average Bonchev–Trinajstić information content (AvgIpc) is 3.09. The van der Waals surface area contributed by atoms with Crippen LogP contribution in [-0.2, 0) is 12.4 Å². The summed E-state index contributed by atoms with van der Waals surface area (Å²) in [5.74, 6) is 2.88. The molecule has 0 saturated heterocycles. The van der Waals surface area contributed by atoms with Gasteiger partial charge in [0.2, 0.25) is 0 Å². The minimum atomic E-state index is 0.261. The van der Waals surface area contributed by atoms with Gasteiger partial charge in [0.25, 0.3) is 11.1 Å². The van der Waals surface area contributed by atoms with Crippen molar-refractivity contribution in [2.24, 2.45) is 0 Å². The van der Waals surface area contributed by atoms with Crippen LogP contribution in [0.3, 0.4) is 0 Å². The highest BCUT2D eigenvalue weighted by atomic mass is 32.2. The van der Waals surface area contributed by atoms with Crippen LogP contribution >= 0.6 is 11.8 Å². The van der Waals surface area contributed by atoms with Crippen molar-refractivity contribution in [1.29, 1.82) is 0 Å². The van der Waals surface area contributed by atoms with Gasteiger partial charge in [0.1, 0.15) is 11.5 Å². The molecule has 0 aliphatic heterocycles. The van der Waals surface area contributed by atoms with E-state index in [2.05, 4.69) is 16.3 Å². The minimum Gasteiger partial charge on any atom is -0.497 e. The number of hydrogen-bond acceptors (Lipinski definition) is 6. The average molecular weight is 356 g/mol. The molecule has 0 bridgehead atoms.